The SMILES string of the molecule is COc1cc(C)[nH]c(=O)c1CNC(=O)c1c(C)c(C(C)C2CCN(C(=O)C(F)F)CC2)n2nc(C)ccc12. The Bertz CT molecular complexity index is 1420. The minimum atomic E-state index is -3.00. The molecule has 0 radical (unpaired) electrons. The maximum absolute atomic E-state index is 13.5. The number of hydrogen-bond acceptors (Lipinski definition) is 5. The summed E-state index contributed by atoms with van der Waals surface area (Å²) in [6.07, 6.45) is -1.84. The van der Waals surface area contributed by atoms with Gasteiger partial charge in [-0.3, -0.25) is 14.4 Å². The summed E-state index contributed by atoms with van der Waals surface area (Å²) in [4.78, 5) is 41.6. The molecule has 38 heavy (non-hydrogen) atoms. The number of H-pyrrole nitrogens is 1. The van der Waals surface area contributed by atoms with E-state index < -0.39 is 12.3 Å². The lowest BCUT2D eigenvalue weighted by Gasteiger charge is -2.35. The van der Waals surface area contributed by atoms with Crippen molar-refractivity contribution in [3.05, 3.63) is 62.3 Å². The van der Waals surface area contributed by atoms with Gasteiger partial charge in [-0.05, 0) is 63.3 Å². The average molecular weight is 530 g/mol. The number of alkyl halides is 2. The van der Waals surface area contributed by atoms with Crippen molar-refractivity contribution in [3.8, 4) is 5.75 Å². The number of aryl methyl sites for hydroxylation is 2. The molecule has 11 heteroatoms. The highest BCUT2D eigenvalue weighted by Gasteiger charge is 2.33. The molecule has 1 fully saturated rings. The number of likely N-dealkylation sites (tertiary alicyclic amines) is 1. The molecule has 0 bridgehead atoms. The molecular formula is C27H33F2N5O4. The van der Waals surface area contributed by atoms with Gasteiger partial charge in [-0.15, -0.1) is 0 Å². The fourth-order valence-corrected chi connectivity index (χ4v) is 5.46. The van der Waals surface area contributed by atoms with E-state index in [1.165, 1.54) is 12.0 Å². The zero-order valence-electron chi connectivity index (χ0n) is 22.2. The summed E-state index contributed by atoms with van der Waals surface area (Å²) in [5, 5.41) is 7.55. The van der Waals surface area contributed by atoms with Gasteiger partial charge < -0.3 is 19.9 Å². The smallest absolute Gasteiger partial charge is 0.315 e. The molecule has 1 unspecified atom stereocenters. The van der Waals surface area contributed by atoms with Crippen LogP contribution in [0.1, 0.15) is 64.2 Å². The average Bonchev–Trinajstić information content (AvgIpc) is 3.17. The molecule has 0 spiro atoms. The standard InChI is InChI=1S/C27H33F2N5O4/c1-14-6-7-20-22(26(36)30-13-19-21(38-5)12-15(2)31-25(19)35)17(4)23(34(20)32-14)16(3)18-8-10-33(11-9-18)27(37)24(28)29/h6-7,12,16,18,24H,8-11,13H2,1-5H3,(H,30,36)(H,31,35). The monoisotopic (exact) mass is 529 g/mol. The number of carbonyl (C=O) groups excluding carboxylic acids is 2. The van der Waals surface area contributed by atoms with Gasteiger partial charge in [0.15, 0.2) is 0 Å². The van der Waals surface area contributed by atoms with Crippen LogP contribution in [0.4, 0.5) is 8.78 Å². The first-order valence-corrected chi connectivity index (χ1v) is 12.6. The van der Waals surface area contributed by atoms with Crippen LogP contribution in [0.25, 0.3) is 5.52 Å². The quantitative estimate of drug-likeness (QED) is 0.487. The lowest BCUT2D eigenvalue weighted by Crippen LogP contribution is -2.42. The van der Waals surface area contributed by atoms with Crippen LogP contribution in [0, 0.1) is 26.7 Å². The van der Waals surface area contributed by atoms with Crippen molar-refractivity contribution in [2.75, 3.05) is 20.2 Å². The third-order valence-corrected chi connectivity index (χ3v) is 7.49. The molecule has 3 aromatic heterocycles. The van der Waals surface area contributed by atoms with Crippen molar-refractivity contribution in [1.82, 2.24) is 24.8 Å². The number of aromatic nitrogens is 3. The van der Waals surface area contributed by atoms with Crippen LogP contribution >= 0.6 is 0 Å². The van der Waals surface area contributed by atoms with E-state index in [2.05, 4.69) is 15.4 Å². The molecule has 1 saturated heterocycles. The number of nitrogens with one attached hydrogen (secondary N) is 2. The maximum Gasteiger partial charge on any atom is 0.315 e. The van der Waals surface area contributed by atoms with Crippen molar-refractivity contribution >= 4 is 17.3 Å². The normalized spacial score (nSPS) is 15.2. The topological polar surface area (TPSA) is 109 Å². The molecule has 9 nitrogen and oxygen atoms in total. The van der Waals surface area contributed by atoms with Crippen LogP contribution < -0.4 is 15.6 Å². The number of nitrogens with zero attached hydrogens (tertiary/aromatic N) is 3. The number of amides is 2. The predicted octanol–water partition coefficient (Wildman–Crippen LogP) is 3.49. The van der Waals surface area contributed by atoms with Gasteiger partial charge in [-0.25, -0.2) is 4.52 Å². The Balaban J connectivity index is 1.63. The highest BCUT2D eigenvalue weighted by molar-refractivity contribution is 6.03. The number of rotatable bonds is 7. The second-order valence-electron chi connectivity index (χ2n) is 9.92. The number of carbonyl (C=O) groups is 2. The summed E-state index contributed by atoms with van der Waals surface area (Å²) in [7, 11) is 1.47. The van der Waals surface area contributed by atoms with Gasteiger partial charge in [0.1, 0.15) is 5.75 Å². The van der Waals surface area contributed by atoms with Crippen LogP contribution in [0.15, 0.2) is 23.0 Å². The van der Waals surface area contributed by atoms with E-state index in [9.17, 15) is 23.2 Å². The Morgan fingerprint density at radius 3 is 2.53 bits per heavy atom. The van der Waals surface area contributed by atoms with Gasteiger partial charge in [0.25, 0.3) is 17.4 Å². The first-order valence-electron chi connectivity index (χ1n) is 12.6. The van der Waals surface area contributed by atoms with Gasteiger partial charge in [0, 0.05) is 30.4 Å². The van der Waals surface area contributed by atoms with Crippen molar-refractivity contribution in [1.29, 1.82) is 0 Å². The van der Waals surface area contributed by atoms with Crippen molar-refractivity contribution < 1.29 is 23.1 Å². The number of halogens is 2. The Kier molecular flexibility index (Phi) is 7.84. The molecule has 1 aliphatic heterocycles. The molecule has 0 saturated carbocycles. The predicted molar refractivity (Wildman–Crippen MR) is 138 cm³/mol. The highest BCUT2D eigenvalue weighted by atomic mass is 19.3. The van der Waals surface area contributed by atoms with E-state index in [0.717, 1.165) is 17.0 Å². The number of ether oxygens (including phenoxy) is 1. The Morgan fingerprint density at radius 2 is 1.89 bits per heavy atom. The first kappa shape index (κ1) is 27.3. The number of pyridine rings is 1. The van der Waals surface area contributed by atoms with E-state index in [4.69, 9.17) is 4.74 Å². The summed E-state index contributed by atoms with van der Waals surface area (Å²) in [6, 6.07) is 5.39. The number of piperidine rings is 1. The van der Waals surface area contributed by atoms with Gasteiger partial charge >= 0.3 is 6.43 Å². The summed E-state index contributed by atoms with van der Waals surface area (Å²) in [5.41, 5.74) is 4.17. The van der Waals surface area contributed by atoms with E-state index >= 15 is 0 Å². The largest absolute Gasteiger partial charge is 0.496 e. The van der Waals surface area contributed by atoms with E-state index in [1.807, 2.05) is 32.9 Å². The number of methoxy groups -OCH3 is 1. The zero-order valence-corrected chi connectivity index (χ0v) is 22.2. The van der Waals surface area contributed by atoms with Crippen LogP contribution in [0.3, 0.4) is 0 Å². The molecule has 204 valence electrons. The summed E-state index contributed by atoms with van der Waals surface area (Å²) >= 11 is 0. The molecule has 2 amide bonds. The van der Waals surface area contributed by atoms with Crippen LogP contribution in [0.5, 0.6) is 5.75 Å². The second-order valence-corrected chi connectivity index (χ2v) is 9.92. The molecule has 1 aliphatic rings. The van der Waals surface area contributed by atoms with Gasteiger partial charge in [0.05, 0.1) is 36.0 Å². The minimum Gasteiger partial charge on any atom is -0.496 e. The van der Waals surface area contributed by atoms with Gasteiger partial charge in [-0.2, -0.15) is 13.9 Å². The third-order valence-electron chi connectivity index (χ3n) is 7.49. The Labute approximate surface area is 219 Å². The lowest BCUT2D eigenvalue weighted by atomic mass is 9.82. The minimum absolute atomic E-state index is 0.0186. The van der Waals surface area contributed by atoms with E-state index in [-0.39, 0.29) is 42.9 Å². The van der Waals surface area contributed by atoms with Crippen molar-refractivity contribution in [3.63, 3.8) is 0 Å². The number of aromatic amines is 1. The molecular weight excluding hydrogens is 496 g/mol. The molecule has 4 rings (SSSR count). The van der Waals surface area contributed by atoms with Gasteiger partial charge in [0.2, 0.25) is 0 Å². The Morgan fingerprint density at radius 1 is 1.21 bits per heavy atom. The van der Waals surface area contributed by atoms with E-state index in [0.29, 0.717) is 40.9 Å². The first-order chi connectivity index (χ1) is 18.0. The van der Waals surface area contributed by atoms with Crippen LogP contribution in [0.2, 0.25) is 0 Å². The Hall–Kier alpha value is -3.76. The molecule has 0 aliphatic carbocycles. The molecule has 4 heterocycles. The van der Waals surface area contributed by atoms with Crippen LogP contribution in [-0.2, 0) is 11.3 Å². The fraction of sp³-hybridized carbons (Fsp3) is 0.481. The fourth-order valence-electron chi connectivity index (χ4n) is 5.46. The van der Waals surface area contributed by atoms with E-state index in [1.54, 1.807) is 17.5 Å². The zero-order chi connectivity index (χ0) is 27.7. The maximum atomic E-state index is 13.5. The highest BCUT2D eigenvalue weighted by Crippen LogP contribution is 2.37. The molecule has 1 atom stereocenters. The van der Waals surface area contributed by atoms with Gasteiger partial charge in [-0.1, -0.05) is 6.92 Å². The second kappa shape index (κ2) is 10.9. The van der Waals surface area contributed by atoms with Crippen molar-refractivity contribution in [2.24, 2.45) is 5.92 Å². The molecule has 0 aromatic carbocycles. The number of fused-ring (bicyclic) bond motifs is 1. The summed E-state index contributed by atoms with van der Waals surface area (Å²) in [5.74, 6) is -0.984. The number of hydrogen-bond donors (Lipinski definition) is 2. The lowest BCUT2D eigenvalue weighted by molar-refractivity contribution is -0.144. The summed E-state index contributed by atoms with van der Waals surface area (Å²) in [6.45, 7) is 8.07. The van der Waals surface area contributed by atoms with Crippen LogP contribution in [-0.4, -0.2) is 57.9 Å². The van der Waals surface area contributed by atoms with Crippen molar-refractivity contribution in [2.45, 2.75) is 59.4 Å². The molecule has 2 N–H and O–H groups in total. The third kappa shape index (κ3) is 5.14. The molecule has 3 aromatic rings. The summed E-state index contributed by atoms with van der Waals surface area (Å²) < 4.78 is 32.9.